The van der Waals surface area contributed by atoms with Gasteiger partial charge in [-0.25, -0.2) is 0 Å². The molecule has 0 heterocycles. The van der Waals surface area contributed by atoms with Crippen molar-refractivity contribution in [3.63, 3.8) is 0 Å². The summed E-state index contributed by atoms with van der Waals surface area (Å²) in [5, 5.41) is 1.81. The lowest BCUT2D eigenvalue weighted by Gasteiger charge is -1.81. The molecule has 0 fully saturated rings. The van der Waals surface area contributed by atoms with E-state index in [2.05, 4.69) is 24.5 Å². The highest BCUT2D eigenvalue weighted by atomic mass is 32.1. The lowest BCUT2D eigenvalue weighted by atomic mass is 11.0. The molecule has 0 rings (SSSR count). The lowest BCUT2D eigenvalue weighted by Crippen LogP contribution is -2.05. The molecule has 0 unspecified atom stereocenters. The van der Waals surface area contributed by atoms with Crippen LogP contribution in [-0.2, 0) is 0 Å². The van der Waals surface area contributed by atoms with Crippen molar-refractivity contribution in [3.05, 3.63) is 12.8 Å². The smallest absolute Gasteiger partial charge is 0.279 e. The first-order valence-corrected chi connectivity index (χ1v) is 1.82. The normalized spacial score (nSPS) is 6.83. The summed E-state index contributed by atoms with van der Waals surface area (Å²) in [5.41, 5.74) is 0. The topological polar surface area (TPSA) is 29.1 Å². The Morgan fingerprint density at radius 2 is 2.50 bits per heavy atom. The number of amides is 1. The predicted octanol–water partition coefficient (Wildman–Crippen LogP) is 0.769. The van der Waals surface area contributed by atoms with Crippen molar-refractivity contribution in [1.82, 2.24) is 5.32 Å². The van der Waals surface area contributed by atoms with Crippen LogP contribution in [-0.4, -0.2) is 5.24 Å². The van der Waals surface area contributed by atoms with Gasteiger partial charge in [-0.1, -0.05) is 19.2 Å². The van der Waals surface area contributed by atoms with Crippen molar-refractivity contribution >= 4 is 17.9 Å². The van der Waals surface area contributed by atoms with Gasteiger partial charge in [0.1, 0.15) is 0 Å². The van der Waals surface area contributed by atoms with Gasteiger partial charge in [0.15, 0.2) is 0 Å². The molecule has 34 valence electrons. The molecule has 0 aliphatic carbocycles. The van der Waals surface area contributed by atoms with Crippen molar-refractivity contribution < 1.29 is 4.79 Å². The summed E-state index contributed by atoms with van der Waals surface area (Å²) in [6.07, 6.45) is 1.27. The molecule has 0 atom stereocenters. The third-order valence-corrected chi connectivity index (χ3v) is 0.355. The van der Waals surface area contributed by atoms with Crippen LogP contribution in [0.15, 0.2) is 12.8 Å². The van der Waals surface area contributed by atoms with E-state index in [1.807, 2.05) is 0 Å². The predicted molar refractivity (Wildman–Crippen MR) is 27.7 cm³/mol. The summed E-state index contributed by atoms with van der Waals surface area (Å²) in [6, 6.07) is 0. The Bertz CT molecular complexity index is 71.2. The fourth-order valence-electron chi connectivity index (χ4n) is 0.0873. The monoisotopic (exact) mass is 103 g/mol. The lowest BCUT2D eigenvalue weighted by molar-refractivity contribution is 0.263. The first-order chi connectivity index (χ1) is 2.77. The molecule has 0 aliphatic heterocycles. The fourth-order valence-corrected chi connectivity index (χ4v) is 0.179. The van der Waals surface area contributed by atoms with E-state index >= 15 is 0 Å². The molecule has 0 spiro atoms. The van der Waals surface area contributed by atoms with E-state index in [0.717, 1.165) is 0 Å². The Kier molecular flexibility index (Phi) is 2.58. The number of hydrogen-bond acceptors (Lipinski definition) is 1. The molecular formula is C3H5NOS. The van der Waals surface area contributed by atoms with Crippen molar-refractivity contribution in [2.24, 2.45) is 0 Å². The van der Waals surface area contributed by atoms with E-state index in [9.17, 15) is 4.79 Å². The summed E-state index contributed by atoms with van der Waals surface area (Å²) < 4.78 is 0. The average molecular weight is 103 g/mol. The van der Waals surface area contributed by atoms with E-state index in [0.29, 0.717) is 0 Å². The molecule has 1 N–H and O–H groups in total. The molecule has 0 saturated carbocycles. The summed E-state index contributed by atoms with van der Waals surface area (Å²) in [7, 11) is 0. The summed E-state index contributed by atoms with van der Waals surface area (Å²) in [4.78, 5) is 9.73. The Balaban J connectivity index is 3.05. The Morgan fingerprint density at radius 1 is 2.00 bits per heavy atom. The standard InChI is InChI=1S/C3H5NOS/c1-2-4-3(5)6/h2H,1H2,(H2,4,5,6). The van der Waals surface area contributed by atoms with Crippen molar-refractivity contribution in [1.29, 1.82) is 0 Å². The van der Waals surface area contributed by atoms with E-state index < -0.39 is 0 Å². The SMILES string of the molecule is C=CNC(=O)S. The van der Waals surface area contributed by atoms with Crippen LogP contribution in [0.5, 0.6) is 0 Å². The first kappa shape index (κ1) is 5.56. The zero-order valence-electron chi connectivity index (χ0n) is 3.14. The molecule has 0 aliphatic rings. The Labute approximate surface area is 41.6 Å². The molecule has 1 amide bonds. The van der Waals surface area contributed by atoms with E-state index in [4.69, 9.17) is 0 Å². The highest BCUT2D eigenvalue weighted by molar-refractivity contribution is 7.96. The molecule has 0 saturated heterocycles. The average Bonchev–Trinajstić information content (AvgIpc) is 1.35. The number of carbonyl (C=O) groups is 1. The summed E-state index contributed by atoms with van der Waals surface area (Å²) >= 11 is 3.36. The molecule has 0 aromatic carbocycles. The maximum absolute atomic E-state index is 9.73. The minimum atomic E-state index is -0.384. The minimum Gasteiger partial charge on any atom is -0.324 e. The number of nitrogens with one attached hydrogen (secondary N) is 1. The molecule has 0 bridgehead atoms. The van der Waals surface area contributed by atoms with Gasteiger partial charge in [-0.3, -0.25) is 4.79 Å². The minimum absolute atomic E-state index is 0.384. The molecule has 3 heteroatoms. The zero-order valence-corrected chi connectivity index (χ0v) is 4.03. The highest BCUT2D eigenvalue weighted by Gasteiger charge is 1.77. The third-order valence-electron chi connectivity index (χ3n) is 0.226. The Morgan fingerprint density at radius 3 is 2.50 bits per heavy atom. The van der Waals surface area contributed by atoms with Gasteiger partial charge in [-0.2, -0.15) is 0 Å². The molecule has 0 aromatic rings. The number of hydrogen-bond donors (Lipinski definition) is 2. The highest BCUT2D eigenvalue weighted by Crippen LogP contribution is 1.71. The fraction of sp³-hybridized carbons (Fsp3) is 0. The number of thiol groups is 1. The first-order valence-electron chi connectivity index (χ1n) is 1.37. The zero-order chi connectivity index (χ0) is 4.99. The molecule has 2 nitrogen and oxygen atoms in total. The van der Waals surface area contributed by atoms with Gasteiger partial charge < -0.3 is 5.32 Å². The second-order valence-electron chi connectivity index (χ2n) is 0.654. The Hall–Kier alpha value is -0.440. The van der Waals surface area contributed by atoms with Crippen LogP contribution in [0.1, 0.15) is 0 Å². The van der Waals surface area contributed by atoms with Crippen molar-refractivity contribution in [2.45, 2.75) is 0 Å². The second-order valence-corrected chi connectivity index (χ2v) is 1.06. The van der Waals surface area contributed by atoms with Crippen LogP contribution >= 0.6 is 12.6 Å². The van der Waals surface area contributed by atoms with Crippen molar-refractivity contribution in [3.8, 4) is 0 Å². The van der Waals surface area contributed by atoms with Gasteiger partial charge in [0, 0.05) is 0 Å². The largest absolute Gasteiger partial charge is 0.324 e. The molecule has 0 radical (unpaired) electrons. The van der Waals surface area contributed by atoms with Crippen molar-refractivity contribution in [2.75, 3.05) is 0 Å². The van der Waals surface area contributed by atoms with Crippen LogP contribution in [0.25, 0.3) is 0 Å². The van der Waals surface area contributed by atoms with E-state index in [1.54, 1.807) is 0 Å². The molecular weight excluding hydrogens is 98.1 g/mol. The van der Waals surface area contributed by atoms with Gasteiger partial charge in [0.25, 0.3) is 5.24 Å². The van der Waals surface area contributed by atoms with E-state index in [-0.39, 0.29) is 5.24 Å². The molecule has 0 aromatic heterocycles. The maximum Gasteiger partial charge on any atom is 0.279 e. The quantitative estimate of drug-likeness (QED) is 0.471. The van der Waals surface area contributed by atoms with Gasteiger partial charge in [-0.05, 0) is 6.20 Å². The van der Waals surface area contributed by atoms with Crippen LogP contribution in [0.3, 0.4) is 0 Å². The van der Waals surface area contributed by atoms with Gasteiger partial charge in [0.05, 0.1) is 0 Å². The van der Waals surface area contributed by atoms with Gasteiger partial charge >= 0.3 is 0 Å². The van der Waals surface area contributed by atoms with Crippen LogP contribution < -0.4 is 5.32 Å². The van der Waals surface area contributed by atoms with E-state index in [1.165, 1.54) is 6.20 Å². The number of rotatable bonds is 1. The van der Waals surface area contributed by atoms with Crippen LogP contribution in [0.4, 0.5) is 4.79 Å². The van der Waals surface area contributed by atoms with Crippen LogP contribution in [0.2, 0.25) is 0 Å². The summed E-state index contributed by atoms with van der Waals surface area (Å²) in [6.45, 7) is 3.22. The van der Waals surface area contributed by atoms with Gasteiger partial charge in [0.2, 0.25) is 0 Å². The molecule has 6 heavy (non-hydrogen) atoms. The maximum atomic E-state index is 9.73. The van der Waals surface area contributed by atoms with Crippen LogP contribution in [0, 0.1) is 0 Å². The second kappa shape index (κ2) is 2.78. The number of carbonyl (C=O) groups excluding carboxylic acids is 1. The van der Waals surface area contributed by atoms with Gasteiger partial charge in [-0.15, -0.1) is 0 Å². The summed E-state index contributed by atoms with van der Waals surface area (Å²) in [5.74, 6) is 0. The third kappa shape index (κ3) is 3.56.